The normalized spacial score (nSPS) is 27.1. The number of unbranched alkanes of at least 4 members (excludes halogenated alkanes) is 1. The second-order valence-electron chi connectivity index (χ2n) is 4.34. The highest BCUT2D eigenvalue weighted by Crippen LogP contribution is 2.17. The molecular formula is C10H21N3O2. The summed E-state index contributed by atoms with van der Waals surface area (Å²) in [4.78, 5) is 0. The number of amidine groups is 1. The number of rotatable bonds is 6. The fourth-order valence-corrected chi connectivity index (χ4v) is 1.68. The minimum atomic E-state index is 0.149. The Morgan fingerprint density at radius 2 is 2.40 bits per heavy atom. The van der Waals surface area contributed by atoms with E-state index in [0.29, 0.717) is 12.3 Å². The molecule has 1 fully saturated rings. The maximum atomic E-state index is 8.34. The van der Waals surface area contributed by atoms with Crippen molar-refractivity contribution in [3.8, 4) is 0 Å². The molecule has 1 saturated heterocycles. The molecule has 1 rings (SSSR count). The van der Waals surface area contributed by atoms with Crippen molar-refractivity contribution in [2.24, 2.45) is 10.9 Å². The number of oxime groups is 1. The van der Waals surface area contributed by atoms with Crippen LogP contribution >= 0.6 is 0 Å². The molecule has 0 radical (unpaired) electrons. The summed E-state index contributed by atoms with van der Waals surface area (Å²) in [6.45, 7) is 4.79. The van der Waals surface area contributed by atoms with Crippen molar-refractivity contribution in [1.82, 2.24) is 5.32 Å². The highest BCUT2D eigenvalue weighted by Gasteiger charge is 2.28. The zero-order chi connectivity index (χ0) is 11.1. The van der Waals surface area contributed by atoms with E-state index in [1.54, 1.807) is 0 Å². The smallest absolute Gasteiger partial charge is 0.139 e. The third kappa shape index (κ3) is 4.48. The number of ether oxygens (including phenoxy) is 1. The van der Waals surface area contributed by atoms with Gasteiger partial charge < -0.3 is 21.0 Å². The largest absolute Gasteiger partial charge is 0.409 e. The number of nitrogens with two attached hydrogens (primary N) is 1. The summed E-state index contributed by atoms with van der Waals surface area (Å²) in [5.74, 6) is 0.311. The van der Waals surface area contributed by atoms with E-state index in [2.05, 4.69) is 17.4 Å². The summed E-state index contributed by atoms with van der Waals surface area (Å²) in [6, 6.07) is 0. The Morgan fingerprint density at radius 1 is 1.60 bits per heavy atom. The monoisotopic (exact) mass is 215 g/mol. The number of hydrogen-bond acceptors (Lipinski definition) is 4. The summed E-state index contributed by atoms with van der Waals surface area (Å²) in [5, 5.41) is 14.7. The van der Waals surface area contributed by atoms with E-state index in [-0.39, 0.29) is 5.54 Å². The van der Waals surface area contributed by atoms with Crippen LogP contribution in [-0.4, -0.2) is 36.3 Å². The molecule has 0 spiro atoms. The van der Waals surface area contributed by atoms with Crippen molar-refractivity contribution in [3.05, 3.63) is 0 Å². The molecule has 0 aromatic rings. The van der Waals surface area contributed by atoms with Crippen molar-refractivity contribution in [2.45, 2.75) is 38.1 Å². The van der Waals surface area contributed by atoms with E-state index in [4.69, 9.17) is 15.7 Å². The van der Waals surface area contributed by atoms with Gasteiger partial charge in [-0.1, -0.05) is 5.16 Å². The summed E-state index contributed by atoms with van der Waals surface area (Å²) >= 11 is 0. The van der Waals surface area contributed by atoms with E-state index in [1.807, 2.05) is 0 Å². The van der Waals surface area contributed by atoms with Gasteiger partial charge in [-0.2, -0.15) is 0 Å². The lowest BCUT2D eigenvalue weighted by Crippen LogP contribution is -2.43. The average Bonchev–Trinajstić information content (AvgIpc) is 2.64. The number of nitrogens with one attached hydrogen (secondary N) is 1. The van der Waals surface area contributed by atoms with E-state index in [9.17, 15) is 0 Å². The maximum Gasteiger partial charge on any atom is 0.139 e. The molecule has 0 bridgehead atoms. The molecule has 1 aliphatic heterocycles. The Labute approximate surface area is 90.7 Å². The van der Waals surface area contributed by atoms with E-state index < -0.39 is 0 Å². The van der Waals surface area contributed by atoms with Crippen LogP contribution in [0.25, 0.3) is 0 Å². The van der Waals surface area contributed by atoms with Gasteiger partial charge in [-0.05, 0) is 32.7 Å². The topological polar surface area (TPSA) is 79.9 Å². The Hall–Kier alpha value is -0.810. The average molecular weight is 215 g/mol. The van der Waals surface area contributed by atoms with Crippen LogP contribution in [-0.2, 0) is 4.74 Å². The lowest BCUT2D eigenvalue weighted by atomic mass is 10.0. The molecule has 15 heavy (non-hydrogen) atoms. The quantitative estimate of drug-likeness (QED) is 0.200. The third-order valence-electron chi connectivity index (χ3n) is 2.76. The third-order valence-corrected chi connectivity index (χ3v) is 2.76. The van der Waals surface area contributed by atoms with E-state index >= 15 is 0 Å². The highest BCUT2D eigenvalue weighted by molar-refractivity contribution is 5.79. The van der Waals surface area contributed by atoms with Gasteiger partial charge in [0.05, 0.1) is 6.61 Å². The first-order chi connectivity index (χ1) is 7.16. The van der Waals surface area contributed by atoms with E-state index in [0.717, 1.165) is 39.0 Å². The van der Waals surface area contributed by atoms with Gasteiger partial charge in [0.15, 0.2) is 0 Å². The zero-order valence-corrected chi connectivity index (χ0v) is 9.33. The molecule has 0 saturated carbocycles. The molecule has 0 amide bonds. The molecule has 0 aliphatic carbocycles. The summed E-state index contributed by atoms with van der Waals surface area (Å²) < 4.78 is 5.34. The standard InChI is InChI=1S/C10H21N3O2/c1-10(5-7-15-8-10)12-6-3-2-4-9(11)13-14/h12,14H,2-8H2,1H3,(H2,11,13). The van der Waals surface area contributed by atoms with E-state index in [1.165, 1.54) is 0 Å². The predicted octanol–water partition coefficient (Wildman–Crippen LogP) is 0.672. The lowest BCUT2D eigenvalue weighted by molar-refractivity contribution is 0.171. The van der Waals surface area contributed by atoms with Gasteiger partial charge in [-0.25, -0.2) is 0 Å². The van der Waals surface area contributed by atoms with Gasteiger partial charge in [0.2, 0.25) is 0 Å². The fraction of sp³-hybridized carbons (Fsp3) is 0.900. The minimum absolute atomic E-state index is 0.149. The summed E-state index contributed by atoms with van der Waals surface area (Å²) in [5.41, 5.74) is 5.51. The highest BCUT2D eigenvalue weighted by atomic mass is 16.5. The van der Waals surface area contributed by atoms with Gasteiger partial charge in [-0.15, -0.1) is 0 Å². The first-order valence-corrected chi connectivity index (χ1v) is 5.45. The van der Waals surface area contributed by atoms with Gasteiger partial charge in [-0.3, -0.25) is 0 Å². The number of hydrogen-bond donors (Lipinski definition) is 3. The van der Waals surface area contributed by atoms with Crippen LogP contribution < -0.4 is 11.1 Å². The molecule has 4 N–H and O–H groups in total. The molecule has 0 aromatic heterocycles. The first-order valence-electron chi connectivity index (χ1n) is 5.45. The zero-order valence-electron chi connectivity index (χ0n) is 9.33. The van der Waals surface area contributed by atoms with Crippen LogP contribution in [0.3, 0.4) is 0 Å². The summed E-state index contributed by atoms with van der Waals surface area (Å²) in [6.07, 6.45) is 3.71. The van der Waals surface area contributed by atoms with Crippen LogP contribution in [0, 0.1) is 0 Å². The molecule has 1 aliphatic rings. The Kier molecular flexibility index (Phi) is 4.84. The molecule has 5 heteroatoms. The van der Waals surface area contributed by atoms with Gasteiger partial charge >= 0.3 is 0 Å². The van der Waals surface area contributed by atoms with Crippen LogP contribution in [0.1, 0.15) is 32.6 Å². The Morgan fingerprint density at radius 3 is 3.00 bits per heavy atom. The Bertz CT molecular complexity index is 213. The lowest BCUT2D eigenvalue weighted by Gasteiger charge is -2.23. The van der Waals surface area contributed by atoms with Crippen molar-refractivity contribution >= 4 is 5.84 Å². The molecule has 1 unspecified atom stereocenters. The molecule has 1 heterocycles. The second-order valence-corrected chi connectivity index (χ2v) is 4.34. The molecule has 88 valence electrons. The number of nitrogens with zero attached hydrogens (tertiary/aromatic N) is 1. The van der Waals surface area contributed by atoms with Gasteiger partial charge in [0, 0.05) is 18.6 Å². The predicted molar refractivity (Wildman–Crippen MR) is 59.1 cm³/mol. The second kappa shape index (κ2) is 5.92. The fourth-order valence-electron chi connectivity index (χ4n) is 1.68. The minimum Gasteiger partial charge on any atom is -0.409 e. The molecular weight excluding hydrogens is 194 g/mol. The van der Waals surface area contributed by atoms with Crippen LogP contribution in [0.4, 0.5) is 0 Å². The van der Waals surface area contributed by atoms with Crippen LogP contribution in [0.2, 0.25) is 0 Å². The SMILES string of the molecule is CC1(NCCCCC(N)=NO)CCOC1. The van der Waals surface area contributed by atoms with Gasteiger partial charge in [0.1, 0.15) is 5.84 Å². The van der Waals surface area contributed by atoms with Crippen molar-refractivity contribution in [2.75, 3.05) is 19.8 Å². The van der Waals surface area contributed by atoms with Crippen molar-refractivity contribution in [1.29, 1.82) is 0 Å². The maximum absolute atomic E-state index is 8.34. The summed E-state index contributed by atoms with van der Waals surface area (Å²) in [7, 11) is 0. The molecule has 1 atom stereocenters. The van der Waals surface area contributed by atoms with Crippen molar-refractivity contribution in [3.63, 3.8) is 0 Å². The Balaban J connectivity index is 2.01. The van der Waals surface area contributed by atoms with Gasteiger partial charge in [0.25, 0.3) is 0 Å². The van der Waals surface area contributed by atoms with Crippen LogP contribution in [0.15, 0.2) is 5.16 Å². The van der Waals surface area contributed by atoms with Crippen molar-refractivity contribution < 1.29 is 9.94 Å². The molecule has 0 aromatic carbocycles. The molecule has 5 nitrogen and oxygen atoms in total. The first kappa shape index (κ1) is 12.3. The van der Waals surface area contributed by atoms with Crippen LogP contribution in [0.5, 0.6) is 0 Å².